The molecule has 2 heterocycles. The quantitative estimate of drug-likeness (QED) is 0.825. The van der Waals surface area contributed by atoms with E-state index in [4.69, 9.17) is 4.52 Å². The second-order valence-electron chi connectivity index (χ2n) is 6.61. The van der Waals surface area contributed by atoms with E-state index in [0.717, 1.165) is 32.4 Å². The molecule has 1 fully saturated rings. The molecule has 0 radical (unpaired) electrons. The van der Waals surface area contributed by atoms with Crippen LogP contribution in [0.5, 0.6) is 0 Å². The molecule has 0 aliphatic carbocycles. The Balaban J connectivity index is 1.78. The fourth-order valence-electron chi connectivity index (χ4n) is 3.00. The van der Waals surface area contributed by atoms with Crippen LogP contribution in [0.3, 0.4) is 0 Å². The molecule has 1 aromatic heterocycles. The summed E-state index contributed by atoms with van der Waals surface area (Å²) in [5.74, 6) is 1.50. The van der Waals surface area contributed by atoms with Gasteiger partial charge in [-0.05, 0) is 34.0 Å². The van der Waals surface area contributed by atoms with Crippen molar-refractivity contribution < 1.29 is 9.32 Å². The van der Waals surface area contributed by atoms with Crippen LogP contribution in [-0.2, 0) is 17.6 Å². The maximum Gasteiger partial charge on any atom is 0.226 e. The Morgan fingerprint density at radius 2 is 2.17 bits per heavy atom. The number of hydrogen-bond donors (Lipinski definition) is 1. The van der Waals surface area contributed by atoms with Crippen molar-refractivity contribution in [2.24, 2.45) is 5.92 Å². The Bertz CT molecular complexity index is 502. The summed E-state index contributed by atoms with van der Waals surface area (Å²) in [5.41, 5.74) is 0. The number of hydrogen-bond acceptors (Lipinski definition) is 6. The molecule has 0 aromatic carbocycles. The summed E-state index contributed by atoms with van der Waals surface area (Å²) in [6, 6.07) is 0.518. The van der Waals surface area contributed by atoms with Gasteiger partial charge in [0.25, 0.3) is 0 Å². The third kappa shape index (κ3) is 5.28. The van der Waals surface area contributed by atoms with Crippen molar-refractivity contribution in [2.75, 3.05) is 40.8 Å². The molecule has 1 aromatic rings. The lowest BCUT2D eigenvalue weighted by Crippen LogP contribution is -2.39. The average Bonchev–Trinajstić information content (AvgIpc) is 2.87. The van der Waals surface area contributed by atoms with Gasteiger partial charge in [-0.15, -0.1) is 0 Å². The molecule has 2 atom stereocenters. The van der Waals surface area contributed by atoms with Gasteiger partial charge in [0.2, 0.25) is 11.8 Å². The number of nitrogens with zero attached hydrogens (tertiary/aromatic N) is 4. The Morgan fingerprint density at radius 3 is 2.83 bits per heavy atom. The number of amides is 1. The van der Waals surface area contributed by atoms with Gasteiger partial charge in [-0.25, -0.2) is 0 Å². The second kappa shape index (κ2) is 8.40. The zero-order valence-electron chi connectivity index (χ0n) is 14.7. The Kier molecular flexibility index (Phi) is 6.53. The number of rotatable bonds is 6. The SMILES string of the molecule is CCc1nc(CCNC(=O)[C@@H]2CC[C@H](N(C)C)CN(C)C2)no1. The first-order valence-electron chi connectivity index (χ1n) is 8.43. The maximum absolute atomic E-state index is 12.4. The van der Waals surface area contributed by atoms with Gasteiger partial charge < -0.3 is 19.6 Å². The monoisotopic (exact) mass is 323 g/mol. The summed E-state index contributed by atoms with van der Waals surface area (Å²) >= 11 is 0. The van der Waals surface area contributed by atoms with E-state index < -0.39 is 0 Å². The predicted octanol–water partition coefficient (Wildman–Crippen LogP) is 0.563. The topological polar surface area (TPSA) is 74.5 Å². The molecule has 2 rings (SSSR count). The number of aryl methyl sites for hydroxylation is 1. The van der Waals surface area contributed by atoms with E-state index >= 15 is 0 Å². The molecule has 1 saturated heterocycles. The number of carbonyl (C=O) groups is 1. The van der Waals surface area contributed by atoms with Crippen LogP contribution in [0.25, 0.3) is 0 Å². The van der Waals surface area contributed by atoms with Gasteiger partial charge in [0.15, 0.2) is 5.82 Å². The van der Waals surface area contributed by atoms with Crippen LogP contribution >= 0.6 is 0 Å². The van der Waals surface area contributed by atoms with Gasteiger partial charge in [0, 0.05) is 38.5 Å². The molecule has 1 aliphatic rings. The van der Waals surface area contributed by atoms with Crippen molar-refractivity contribution in [1.82, 2.24) is 25.3 Å². The van der Waals surface area contributed by atoms with Gasteiger partial charge in [-0.3, -0.25) is 4.79 Å². The first-order chi connectivity index (χ1) is 11.0. The summed E-state index contributed by atoms with van der Waals surface area (Å²) in [4.78, 5) is 21.2. The smallest absolute Gasteiger partial charge is 0.226 e. The number of aromatic nitrogens is 2. The van der Waals surface area contributed by atoms with Crippen molar-refractivity contribution in [3.05, 3.63) is 11.7 Å². The summed E-state index contributed by atoms with van der Waals surface area (Å²) in [7, 11) is 6.30. The van der Waals surface area contributed by atoms with E-state index in [1.165, 1.54) is 0 Å². The lowest BCUT2D eigenvalue weighted by Gasteiger charge is -2.25. The van der Waals surface area contributed by atoms with E-state index in [9.17, 15) is 4.79 Å². The van der Waals surface area contributed by atoms with Crippen molar-refractivity contribution in [3.8, 4) is 0 Å². The Labute approximate surface area is 138 Å². The lowest BCUT2D eigenvalue weighted by atomic mass is 10.0. The predicted molar refractivity (Wildman–Crippen MR) is 88.1 cm³/mol. The van der Waals surface area contributed by atoms with E-state index in [-0.39, 0.29) is 11.8 Å². The summed E-state index contributed by atoms with van der Waals surface area (Å²) in [6.07, 6.45) is 3.33. The number of likely N-dealkylation sites (N-methyl/N-ethyl adjacent to an activating group) is 2. The largest absolute Gasteiger partial charge is 0.355 e. The maximum atomic E-state index is 12.4. The van der Waals surface area contributed by atoms with Gasteiger partial charge >= 0.3 is 0 Å². The van der Waals surface area contributed by atoms with Crippen LogP contribution in [0, 0.1) is 5.92 Å². The molecule has 1 amide bonds. The molecule has 7 nitrogen and oxygen atoms in total. The van der Waals surface area contributed by atoms with Gasteiger partial charge in [0.1, 0.15) is 0 Å². The highest BCUT2D eigenvalue weighted by Crippen LogP contribution is 2.18. The van der Waals surface area contributed by atoms with E-state index in [1.54, 1.807) is 0 Å². The van der Waals surface area contributed by atoms with Crippen LogP contribution in [0.1, 0.15) is 31.5 Å². The van der Waals surface area contributed by atoms with Crippen LogP contribution in [0.2, 0.25) is 0 Å². The van der Waals surface area contributed by atoms with E-state index in [0.29, 0.717) is 30.7 Å². The van der Waals surface area contributed by atoms with Crippen molar-refractivity contribution in [2.45, 2.75) is 38.6 Å². The number of nitrogens with one attached hydrogen (secondary N) is 1. The zero-order valence-corrected chi connectivity index (χ0v) is 14.7. The Hall–Kier alpha value is -1.47. The van der Waals surface area contributed by atoms with E-state index in [2.05, 4.69) is 46.4 Å². The molecule has 0 unspecified atom stereocenters. The number of carbonyl (C=O) groups excluding carboxylic acids is 1. The van der Waals surface area contributed by atoms with Gasteiger partial charge in [-0.2, -0.15) is 4.98 Å². The molecule has 0 spiro atoms. The normalized spacial score (nSPS) is 23.0. The van der Waals surface area contributed by atoms with Crippen molar-refractivity contribution >= 4 is 5.91 Å². The first-order valence-corrected chi connectivity index (χ1v) is 8.43. The molecule has 7 heteroatoms. The zero-order chi connectivity index (χ0) is 16.8. The average molecular weight is 323 g/mol. The van der Waals surface area contributed by atoms with Crippen LogP contribution in [0.4, 0.5) is 0 Å². The summed E-state index contributed by atoms with van der Waals surface area (Å²) in [5, 5.41) is 6.92. The highest BCUT2D eigenvalue weighted by atomic mass is 16.5. The van der Waals surface area contributed by atoms with Gasteiger partial charge in [-0.1, -0.05) is 12.1 Å². The highest BCUT2D eigenvalue weighted by molar-refractivity contribution is 5.78. The standard InChI is InChI=1S/C16H29N5O2/c1-5-15-18-14(19-23-15)8-9-17-16(22)12-6-7-13(20(2)3)11-21(4)10-12/h12-13H,5-11H2,1-4H3,(H,17,22)/t12-,13+/m1/s1. The van der Waals surface area contributed by atoms with E-state index in [1.807, 2.05) is 6.92 Å². The fraction of sp³-hybridized carbons (Fsp3) is 0.812. The van der Waals surface area contributed by atoms with Crippen LogP contribution < -0.4 is 5.32 Å². The Morgan fingerprint density at radius 1 is 1.39 bits per heavy atom. The summed E-state index contributed by atoms with van der Waals surface area (Å²) in [6.45, 7) is 4.36. The fourth-order valence-corrected chi connectivity index (χ4v) is 3.00. The molecule has 1 N–H and O–H groups in total. The van der Waals surface area contributed by atoms with Gasteiger partial charge in [0.05, 0.1) is 5.92 Å². The summed E-state index contributed by atoms with van der Waals surface area (Å²) < 4.78 is 5.07. The molecule has 0 saturated carbocycles. The number of likely N-dealkylation sites (tertiary alicyclic amines) is 1. The van der Waals surface area contributed by atoms with Crippen LogP contribution in [0.15, 0.2) is 4.52 Å². The highest BCUT2D eigenvalue weighted by Gasteiger charge is 2.27. The van der Waals surface area contributed by atoms with Crippen molar-refractivity contribution in [1.29, 1.82) is 0 Å². The lowest BCUT2D eigenvalue weighted by molar-refractivity contribution is -0.125. The minimum atomic E-state index is 0.0569. The molecule has 0 bridgehead atoms. The minimum absolute atomic E-state index is 0.0569. The molecular formula is C16H29N5O2. The minimum Gasteiger partial charge on any atom is -0.355 e. The first kappa shape index (κ1) is 17.9. The third-order valence-electron chi connectivity index (χ3n) is 4.46. The third-order valence-corrected chi connectivity index (χ3v) is 4.46. The molecule has 23 heavy (non-hydrogen) atoms. The van der Waals surface area contributed by atoms with Crippen LogP contribution in [-0.4, -0.2) is 72.7 Å². The second-order valence-corrected chi connectivity index (χ2v) is 6.61. The van der Waals surface area contributed by atoms with Crippen molar-refractivity contribution in [3.63, 3.8) is 0 Å². The molecule has 130 valence electrons. The molecule has 1 aliphatic heterocycles. The molecular weight excluding hydrogens is 294 g/mol.